The Morgan fingerprint density at radius 1 is 1.17 bits per heavy atom. The minimum atomic E-state index is -1.22. The van der Waals surface area contributed by atoms with E-state index in [1.54, 1.807) is 18.2 Å². The molecule has 1 unspecified atom stereocenters. The van der Waals surface area contributed by atoms with Gasteiger partial charge >= 0.3 is 6.09 Å². The van der Waals surface area contributed by atoms with Gasteiger partial charge in [-0.2, -0.15) is 0 Å². The van der Waals surface area contributed by atoms with Crippen LogP contribution in [0.3, 0.4) is 0 Å². The smallest absolute Gasteiger partial charge is 0.408 e. The largest absolute Gasteiger partial charge is 0.493 e. The monoisotopic (exact) mass is 422 g/mol. The average Bonchev–Trinajstić information content (AvgIpc) is 3.17. The SMILES string of the molecule is COc1ccc(OCC(=O)CNC(=O)C2(C(C)(C)C)CCCN2C(=O)O)cc1OC. The van der Waals surface area contributed by atoms with E-state index in [0.29, 0.717) is 30.1 Å². The second kappa shape index (κ2) is 9.23. The molecule has 0 aliphatic carbocycles. The van der Waals surface area contributed by atoms with Crippen molar-refractivity contribution in [3.05, 3.63) is 18.2 Å². The lowest BCUT2D eigenvalue weighted by Gasteiger charge is -2.45. The van der Waals surface area contributed by atoms with Gasteiger partial charge in [0.05, 0.1) is 20.8 Å². The van der Waals surface area contributed by atoms with Crippen LogP contribution in [0.2, 0.25) is 0 Å². The number of nitrogens with zero attached hydrogens (tertiary/aromatic N) is 1. The molecule has 2 rings (SSSR count). The molecule has 0 spiro atoms. The maximum Gasteiger partial charge on any atom is 0.408 e. The van der Waals surface area contributed by atoms with Crippen molar-refractivity contribution in [1.82, 2.24) is 10.2 Å². The number of ketones is 1. The predicted octanol–water partition coefficient (Wildman–Crippen LogP) is 2.33. The van der Waals surface area contributed by atoms with Crippen molar-refractivity contribution in [2.24, 2.45) is 5.41 Å². The highest BCUT2D eigenvalue weighted by atomic mass is 16.5. The van der Waals surface area contributed by atoms with E-state index in [-0.39, 0.29) is 25.5 Å². The van der Waals surface area contributed by atoms with Gasteiger partial charge in [0, 0.05) is 12.6 Å². The Bertz CT molecular complexity index is 803. The highest BCUT2D eigenvalue weighted by Crippen LogP contribution is 2.44. The maximum absolute atomic E-state index is 13.0. The minimum Gasteiger partial charge on any atom is -0.493 e. The molecule has 9 heteroatoms. The highest BCUT2D eigenvalue weighted by Gasteiger charge is 2.57. The first-order chi connectivity index (χ1) is 14.1. The van der Waals surface area contributed by atoms with Gasteiger partial charge in [0.1, 0.15) is 17.9 Å². The van der Waals surface area contributed by atoms with E-state index >= 15 is 0 Å². The average molecular weight is 422 g/mol. The van der Waals surface area contributed by atoms with E-state index in [9.17, 15) is 19.5 Å². The van der Waals surface area contributed by atoms with Crippen molar-refractivity contribution in [2.75, 3.05) is 33.9 Å². The Hall–Kier alpha value is -2.97. The topological polar surface area (TPSA) is 114 Å². The second-order valence-corrected chi connectivity index (χ2v) is 8.17. The molecular formula is C21H30N2O7. The first kappa shape index (κ1) is 23.3. The van der Waals surface area contributed by atoms with Crippen LogP contribution in [-0.4, -0.2) is 67.2 Å². The van der Waals surface area contributed by atoms with Gasteiger partial charge in [0.2, 0.25) is 5.91 Å². The first-order valence-corrected chi connectivity index (χ1v) is 9.72. The summed E-state index contributed by atoms with van der Waals surface area (Å²) in [5.74, 6) is 0.621. The molecule has 0 bridgehead atoms. The molecule has 1 heterocycles. The van der Waals surface area contributed by atoms with Gasteiger partial charge in [-0.05, 0) is 30.4 Å². The van der Waals surface area contributed by atoms with Crippen LogP contribution >= 0.6 is 0 Å². The number of Topliss-reactive ketones (excluding diaryl/α,β-unsaturated/α-hetero) is 1. The molecule has 9 nitrogen and oxygen atoms in total. The number of rotatable bonds is 8. The summed E-state index contributed by atoms with van der Waals surface area (Å²) in [6, 6.07) is 4.90. The molecule has 0 radical (unpaired) electrons. The van der Waals surface area contributed by atoms with Crippen molar-refractivity contribution in [3.63, 3.8) is 0 Å². The quantitative estimate of drug-likeness (QED) is 0.661. The van der Waals surface area contributed by atoms with E-state index in [1.807, 2.05) is 20.8 Å². The van der Waals surface area contributed by atoms with Gasteiger partial charge in [0.15, 0.2) is 17.3 Å². The normalized spacial score (nSPS) is 18.6. The zero-order valence-corrected chi connectivity index (χ0v) is 18.1. The molecule has 1 saturated heterocycles. The molecule has 0 saturated carbocycles. The molecule has 30 heavy (non-hydrogen) atoms. The molecule has 1 aliphatic rings. The summed E-state index contributed by atoms with van der Waals surface area (Å²) in [6.07, 6.45) is -0.140. The molecule has 0 aromatic heterocycles. The second-order valence-electron chi connectivity index (χ2n) is 8.17. The zero-order chi connectivity index (χ0) is 22.5. The molecule has 1 fully saturated rings. The number of ether oxygens (including phenoxy) is 3. The molecular weight excluding hydrogens is 392 g/mol. The van der Waals surface area contributed by atoms with Gasteiger partial charge in [-0.1, -0.05) is 20.8 Å². The molecule has 1 atom stereocenters. The van der Waals surface area contributed by atoms with E-state index in [4.69, 9.17) is 14.2 Å². The Labute approximate surface area is 176 Å². The van der Waals surface area contributed by atoms with E-state index in [1.165, 1.54) is 19.1 Å². The summed E-state index contributed by atoms with van der Waals surface area (Å²) in [6.45, 7) is 5.27. The van der Waals surface area contributed by atoms with Gasteiger partial charge in [-0.25, -0.2) is 4.79 Å². The number of benzene rings is 1. The first-order valence-electron chi connectivity index (χ1n) is 9.72. The molecule has 1 aromatic carbocycles. The summed E-state index contributed by atoms with van der Waals surface area (Å²) < 4.78 is 15.8. The lowest BCUT2D eigenvalue weighted by molar-refractivity contribution is -0.139. The van der Waals surface area contributed by atoms with Crippen LogP contribution in [0.25, 0.3) is 0 Å². The van der Waals surface area contributed by atoms with Crippen molar-refractivity contribution in [3.8, 4) is 17.2 Å². The van der Waals surface area contributed by atoms with E-state index in [0.717, 1.165) is 0 Å². The van der Waals surface area contributed by atoms with Crippen molar-refractivity contribution >= 4 is 17.8 Å². The summed E-state index contributed by atoms with van der Waals surface area (Å²) in [5.41, 5.74) is -1.85. The molecule has 2 N–H and O–H groups in total. The number of nitrogens with one attached hydrogen (secondary N) is 1. The Morgan fingerprint density at radius 2 is 1.83 bits per heavy atom. The third kappa shape index (κ3) is 4.60. The third-order valence-electron chi connectivity index (χ3n) is 5.43. The van der Waals surface area contributed by atoms with Crippen molar-refractivity contribution < 1.29 is 33.7 Å². The van der Waals surface area contributed by atoms with Gasteiger partial charge in [-0.3, -0.25) is 14.5 Å². The number of amides is 2. The molecule has 1 aromatic rings. The standard InChI is InChI=1S/C21H30N2O7/c1-20(2,3)21(9-6-10-23(21)19(26)27)18(25)22-12-14(24)13-30-15-7-8-16(28-4)17(11-15)29-5/h7-8,11H,6,9-10,12-13H2,1-5H3,(H,22,25)(H,26,27). The van der Waals surface area contributed by atoms with Crippen LogP contribution in [0.5, 0.6) is 17.2 Å². The molecule has 1 aliphatic heterocycles. The summed E-state index contributed by atoms with van der Waals surface area (Å²) in [5, 5.41) is 12.2. The zero-order valence-electron chi connectivity index (χ0n) is 18.1. The van der Waals surface area contributed by atoms with Crippen LogP contribution in [-0.2, 0) is 9.59 Å². The number of hydrogen-bond donors (Lipinski definition) is 2. The fourth-order valence-corrected chi connectivity index (χ4v) is 3.88. The van der Waals surface area contributed by atoms with Crippen LogP contribution < -0.4 is 19.5 Å². The van der Waals surface area contributed by atoms with Gasteiger partial charge in [0.25, 0.3) is 0 Å². The predicted molar refractivity (Wildman–Crippen MR) is 109 cm³/mol. The number of carbonyl (C=O) groups excluding carboxylic acids is 2. The minimum absolute atomic E-state index is 0.249. The fraction of sp³-hybridized carbons (Fsp3) is 0.571. The van der Waals surface area contributed by atoms with Crippen LogP contribution in [0.1, 0.15) is 33.6 Å². The summed E-state index contributed by atoms with van der Waals surface area (Å²) in [7, 11) is 3.02. The number of methoxy groups -OCH3 is 2. The van der Waals surface area contributed by atoms with Crippen molar-refractivity contribution in [2.45, 2.75) is 39.2 Å². The van der Waals surface area contributed by atoms with Crippen LogP contribution in [0.15, 0.2) is 18.2 Å². The van der Waals surface area contributed by atoms with Crippen LogP contribution in [0, 0.1) is 5.41 Å². The Morgan fingerprint density at radius 3 is 2.40 bits per heavy atom. The number of likely N-dealkylation sites (tertiary alicyclic amines) is 1. The Balaban J connectivity index is 1.99. The number of carbonyl (C=O) groups is 3. The fourth-order valence-electron chi connectivity index (χ4n) is 3.88. The lowest BCUT2D eigenvalue weighted by atomic mass is 9.71. The highest BCUT2D eigenvalue weighted by molar-refractivity contribution is 5.94. The molecule has 166 valence electrons. The van der Waals surface area contributed by atoms with Crippen LogP contribution in [0.4, 0.5) is 4.79 Å². The number of hydrogen-bond acceptors (Lipinski definition) is 6. The van der Waals surface area contributed by atoms with Gasteiger partial charge < -0.3 is 24.6 Å². The van der Waals surface area contributed by atoms with E-state index in [2.05, 4.69) is 5.32 Å². The Kier molecular flexibility index (Phi) is 7.17. The number of carboxylic acid groups (broad SMARTS) is 1. The molecule has 2 amide bonds. The lowest BCUT2D eigenvalue weighted by Crippen LogP contribution is -2.64. The summed E-state index contributed by atoms with van der Waals surface area (Å²) >= 11 is 0. The van der Waals surface area contributed by atoms with Gasteiger partial charge in [-0.15, -0.1) is 0 Å². The van der Waals surface area contributed by atoms with E-state index < -0.39 is 23.0 Å². The summed E-state index contributed by atoms with van der Waals surface area (Å²) in [4.78, 5) is 38.2. The third-order valence-corrected chi connectivity index (χ3v) is 5.43. The van der Waals surface area contributed by atoms with Crippen molar-refractivity contribution in [1.29, 1.82) is 0 Å². The maximum atomic E-state index is 13.0.